The van der Waals surface area contributed by atoms with Crippen molar-refractivity contribution in [2.24, 2.45) is 0 Å². The second-order valence-corrected chi connectivity index (χ2v) is 6.42. The van der Waals surface area contributed by atoms with Crippen molar-refractivity contribution in [2.75, 3.05) is 6.54 Å². The van der Waals surface area contributed by atoms with Crippen molar-refractivity contribution in [1.29, 1.82) is 0 Å². The highest BCUT2D eigenvalue weighted by atomic mass is 32.1. The number of benzene rings is 1. The SMILES string of the molecule is CCNC(Cc1cc(C)cc(C)c1)c1csc(C)c1. The van der Waals surface area contributed by atoms with Crippen LogP contribution in [0.4, 0.5) is 0 Å². The molecule has 0 amide bonds. The molecule has 1 unspecified atom stereocenters. The Labute approximate surface area is 120 Å². The van der Waals surface area contributed by atoms with Gasteiger partial charge in [0.2, 0.25) is 0 Å². The molecule has 0 aliphatic carbocycles. The molecule has 2 heteroatoms. The smallest absolute Gasteiger partial charge is 0.0369 e. The number of hydrogen-bond donors (Lipinski definition) is 1. The first kappa shape index (κ1) is 14.3. The number of rotatable bonds is 5. The molecule has 0 saturated carbocycles. The fourth-order valence-corrected chi connectivity index (χ4v) is 3.38. The summed E-state index contributed by atoms with van der Waals surface area (Å²) in [5.74, 6) is 0. The number of aryl methyl sites for hydroxylation is 3. The molecule has 0 spiro atoms. The zero-order chi connectivity index (χ0) is 13.8. The molecular formula is C17H23NS. The summed E-state index contributed by atoms with van der Waals surface area (Å²) in [7, 11) is 0. The van der Waals surface area contributed by atoms with E-state index < -0.39 is 0 Å². The molecule has 102 valence electrons. The van der Waals surface area contributed by atoms with Crippen LogP contribution in [-0.2, 0) is 6.42 Å². The summed E-state index contributed by atoms with van der Waals surface area (Å²) in [6.07, 6.45) is 1.06. The molecule has 1 aromatic heterocycles. The van der Waals surface area contributed by atoms with E-state index in [1.54, 1.807) is 0 Å². The van der Waals surface area contributed by atoms with Gasteiger partial charge in [-0.3, -0.25) is 0 Å². The maximum Gasteiger partial charge on any atom is 0.0369 e. The molecule has 1 heterocycles. The van der Waals surface area contributed by atoms with Crippen molar-refractivity contribution in [3.8, 4) is 0 Å². The van der Waals surface area contributed by atoms with Gasteiger partial charge in [0.05, 0.1) is 0 Å². The molecule has 0 aliphatic heterocycles. The van der Waals surface area contributed by atoms with Crippen LogP contribution in [0.1, 0.15) is 40.1 Å². The van der Waals surface area contributed by atoms with Crippen LogP contribution in [0.3, 0.4) is 0 Å². The zero-order valence-corrected chi connectivity index (χ0v) is 13.1. The summed E-state index contributed by atoms with van der Waals surface area (Å²) in [5, 5.41) is 5.89. The Kier molecular flexibility index (Phi) is 4.78. The average Bonchev–Trinajstić information content (AvgIpc) is 2.74. The zero-order valence-electron chi connectivity index (χ0n) is 12.3. The van der Waals surface area contributed by atoms with Crippen LogP contribution in [0.25, 0.3) is 0 Å². The molecule has 0 bridgehead atoms. The lowest BCUT2D eigenvalue weighted by atomic mass is 9.98. The summed E-state index contributed by atoms with van der Waals surface area (Å²) < 4.78 is 0. The van der Waals surface area contributed by atoms with Crippen LogP contribution >= 0.6 is 11.3 Å². The standard InChI is InChI=1S/C17H23NS/c1-5-18-17(16-9-14(4)19-11-16)10-15-7-12(2)6-13(3)8-15/h6-9,11,17-18H,5,10H2,1-4H3. The second-order valence-electron chi connectivity index (χ2n) is 5.30. The monoisotopic (exact) mass is 273 g/mol. The lowest BCUT2D eigenvalue weighted by Crippen LogP contribution is -2.22. The number of likely N-dealkylation sites (N-methyl/N-ethyl adjacent to an activating group) is 1. The van der Waals surface area contributed by atoms with Gasteiger partial charge in [-0.25, -0.2) is 0 Å². The van der Waals surface area contributed by atoms with Gasteiger partial charge in [0.1, 0.15) is 0 Å². The lowest BCUT2D eigenvalue weighted by Gasteiger charge is -2.17. The Morgan fingerprint density at radius 1 is 1.05 bits per heavy atom. The molecule has 2 rings (SSSR count). The van der Waals surface area contributed by atoms with Crippen molar-refractivity contribution in [3.05, 3.63) is 56.8 Å². The highest BCUT2D eigenvalue weighted by molar-refractivity contribution is 7.10. The minimum absolute atomic E-state index is 0.427. The Hall–Kier alpha value is -1.12. The molecule has 1 N–H and O–H groups in total. The molecule has 0 radical (unpaired) electrons. The van der Waals surface area contributed by atoms with Crippen molar-refractivity contribution in [2.45, 2.75) is 40.2 Å². The van der Waals surface area contributed by atoms with E-state index in [0.717, 1.165) is 13.0 Å². The molecule has 0 fully saturated rings. The average molecular weight is 273 g/mol. The maximum atomic E-state index is 3.61. The lowest BCUT2D eigenvalue weighted by molar-refractivity contribution is 0.551. The normalized spacial score (nSPS) is 12.6. The van der Waals surface area contributed by atoms with E-state index in [2.05, 4.69) is 62.7 Å². The Morgan fingerprint density at radius 2 is 1.74 bits per heavy atom. The third-order valence-corrected chi connectivity index (χ3v) is 4.20. The quantitative estimate of drug-likeness (QED) is 0.841. The molecule has 1 aromatic carbocycles. The summed E-state index contributed by atoms with van der Waals surface area (Å²) in [6.45, 7) is 9.70. The number of hydrogen-bond acceptors (Lipinski definition) is 2. The number of thiophene rings is 1. The minimum atomic E-state index is 0.427. The van der Waals surface area contributed by atoms with E-state index in [-0.39, 0.29) is 0 Å². The van der Waals surface area contributed by atoms with Crippen LogP contribution in [-0.4, -0.2) is 6.54 Å². The summed E-state index contributed by atoms with van der Waals surface area (Å²) >= 11 is 1.84. The highest BCUT2D eigenvalue weighted by Gasteiger charge is 2.12. The van der Waals surface area contributed by atoms with Crippen molar-refractivity contribution in [3.63, 3.8) is 0 Å². The van der Waals surface area contributed by atoms with Crippen molar-refractivity contribution >= 4 is 11.3 Å². The van der Waals surface area contributed by atoms with Gasteiger partial charge in [-0.2, -0.15) is 0 Å². The second kappa shape index (κ2) is 6.36. The van der Waals surface area contributed by atoms with Gasteiger partial charge >= 0.3 is 0 Å². The van der Waals surface area contributed by atoms with Gasteiger partial charge in [-0.05, 0) is 56.3 Å². The Morgan fingerprint density at radius 3 is 2.26 bits per heavy atom. The third kappa shape index (κ3) is 3.92. The molecule has 2 aromatic rings. The van der Waals surface area contributed by atoms with Crippen LogP contribution in [0.5, 0.6) is 0 Å². The summed E-state index contributed by atoms with van der Waals surface area (Å²) in [5.41, 5.74) is 5.55. The first-order valence-electron chi connectivity index (χ1n) is 6.94. The fourth-order valence-electron chi connectivity index (χ4n) is 2.62. The first-order chi connectivity index (χ1) is 9.08. The summed E-state index contributed by atoms with van der Waals surface area (Å²) in [6, 6.07) is 9.57. The molecule has 1 atom stereocenters. The molecule has 0 aliphatic rings. The molecule has 1 nitrogen and oxygen atoms in total. The predicted octanol–water partition coefficient (Wildman–Crippen LogP) is 4.57. The van der Waals surface area contributed by atoms with Crippen LogP contribution in [0, 0.1) is 20.8 Å². The van der Waals surface area contributed by atoms with Crippen LogP contribution < -0.4 is 5.32 Å². The fraction of sp³-hybridized carbons (Fsp3) is 0.412. The Balaban J connectivity index is 2.20. The van der Waals surface area contributed by atoms with Gasteiger partial charge in [-0.15, -0.1) is 11.3 Å². The van der Waals surface area contributed by atoms with E-state index >= 15 is 0 Å². The minimum Gasteiger partial charge on any atom is -0.310 e. The van der Waals surface area contributed by atoms with E-state index in [1.807, 2.05) is 11.3 Å². The summed E-state index contributed by atoms with van der Waals surface area (Å²) in [4.78, 5) is 1.39. The highest BCUT2D eigenvalue weighted by Crippen LogP contribution is 2.24. The van der Waals surface area contributed by atoms with Crippen LogP contribution in [0.2, 0.25) is 0 Å². The van der Waals surface area contributed by atoms with E-state index in [0.29, 0.717) is 6.04 Å². The van der Waals surface area contributed by atoms with Gasteiger partial charge in [0, 0.05) is 10.9 Å². The van der Waals surface area contributed by atoms with Crippen molar-refractivity contribution < 1.29 is 0 Å². The van der Waals surface area contributed by atoms with Crippen LogP contribution in [0.15, 0.2) is 29.6 Å². The predicted molar refractivity (Wildman–Crippen MR) is 85.1 cm³/mol. The number of nitrogens with one attached hydrogen (secondary N) is 1. The van der Waals surface area contributed by atoms with Gasteiger partial charge in [0.15, 0.2) is 0 Å². The molecular weight excluding hydrogens is 250 g/mol. The topological polar surface area (TPSA) is 12.0 Å². The van der Waals surface area contributed by atoms with E-state index in [1.165, 1.54) is 27.1 Å². The molecule has 0 saturated heterocycles. The largest absolute Gasteiger partial charge is 0.310 e. The Bertz CT molecular complexity index is 522. The maximum absolute atomic E-state index is 3.61. The van der Waals surface area contributed by atoms with Gasteiger partial charge in [-0.1, -0.05) is 36.2 Å². The van der Waals surface area contributed by atoms with Gasteiger partial charge in [0.25, 0.3) is 0 Å². The van der Waals surface area contributed by atoms with E-state index in [4.69, 9.17) is 0 Å². The van der Waals surface area contributed by atoms with E-state index in [9.17, 15) is 0 Å². The first-order valence-corrected chi connectivity index (χ1v) is 7.82. The third-order valence-electron chi connectivity index (χ3n) is 3.33. The van der Waals surface area contributed by atoms with Gasteiger partial charge < -0.3 is 5.32 Å². The van der Waals surface area contributed by atoms with Crippen molar-refractivity contribution in [1.82, 2.24) is 5.32 Å². The molecule has 19 heavy (non-hydrogen) atoms.